The van der Waals surface area contributed by atoms with Crippen molar-refractivity contribution < 1.29 is 13.9 Å². The largest absolute Gasteiger partial charge is 0.456 e. The Balaban J connectivity index is 0.874. The van der Waals surface area contributed by atoms with Gasteiger partial charge in [0.25, 0.3) is 0 Å². The molecule has 3 aliphatic rings. The minimum absolute atomic E-state index is 0.0826. The maximum absolute atomic E-state index is 6.74. The van der Waals surface area contributed by atoms with Gasteiger partial charge in [-0.25, -0.2) is 0 Å². The van der Waals surface area contributed by atoms with Gasteiger partial charge in [-0.3, -0.25) is 0 Å². The van der Waals surface area contributed by atoms with E-state index in [4.69, 9.17) is 13.9 Å². The molecule has 2 heterocycles. The maximum Gasteiger partial charge on any atom is 0.178 e. The lowest BCUT2D eigenvalue weighted by Crippen LogP contribution is -2.28. The van der Waals surface area contributed by atoms with Gasteiger partial charge in [0, 0.05) is 44.9 Å². The second kappa shape index (κ2) is 14.4. The van der Waals surface area contributed by atoms with Crippen LogP contribution in [0.4, 0.5) is 17.1 Å². The van der Waals surface area contributed by atoms with Crippen LogP contribution in [0.15, 0.2) is 229 Å². The number of rotatable bonds is 6. The molecule has 11 aromatic rings. The normalized spacial score (nSPS) is 15.6. The summed E-state index contributed by atoms with van der Waals surface area (Å²) in [6, 6.07) is 80.7. The number of fused-ring (bicyclic) bond motifs is 12. The van der Waals surface area contributed by atoms with Crippen molar-refractivity contribution in [1.82, 2.24) is 0 Å². The van der Waals surface area contributed by atoms with E-state index in [1.807, 2.05) is 36.4 Å². The highest BCUT2D eigenvalue weighted by atomic mass is 16.6. The van der Waals surface area contributed by atoms with E-state index in [1.54, 1.807) is 0 Å². The number of ether oxygens (including phenoxy) is 2. The molecule has 1 aromatic heterocycles. The van der Waals surface area contributed by atoms with E-state index >= 15 is 0 Å². The molecule has 14 rings (SSSR count). The number of nitrogens with zero attached hydrogens (tertiary/aromatic N) is 1. The number of anilines is 3. The second-order valence-corrected chi connectivity index (χ2v) is 18.8. The molecule has 68 heavy (non-hydrogen) atoms. The molecule has 0 spiro atoms. The van der Waals surface area contributed by atoms with Gasteiger partial charge in [-0.15, -0.1) is 0 Å². The zero-order valence-electron chi connectivity index (χ0n) is 37.5. The van der Waals surface area contributed by atoms with Gasteiger partial charge in [0.05, 0.1) is 5.41 Å². The van der Waals surface area contributed by atoms with Crippen LogP contribution in [0.25, 0.3) is 55.3 Å². The van der Waals surface area contributed by atoms with Crippen molar-refractivity contribution in [3.8, 4) is 56.4 Å². The number of hydrogen-bond donors (Lipinski definition) is 0. The lowest BCUT2D eigenvalue weighted by atomic mass is 9.67. The van der Waals surface area contributed by atoms with Crippen LogP contribution in [0.5, 0.6) is 23.0 Å². The third kappa shape index (κ3) is 5.49. The van der Waals surface area contributed by atoms with E-state index in [-0.39, 0.29) is 5.41 Å². The van der Waals surface area contributed by atoms with Crippen LogP contribution in [0.3, 0.4) is 0 Å². The van der Waals surface area contributed by atoms with Crippen molar-refractivity contribution in [3.63, 3.8) is 0 Å². The third-order valence-corrected chi connectivity index (χ3v) is 14.8. The summed E-state index contributed by atoms with van der Waals surface area (Å²) in [5.41, 5.74) is 18.8. The number of para-hydroxylation sites is 3. The first-order chi connectivity index (χ1) is 33.4. The highest BCUT2D eigenvalue weighted by molar-refractivity contribution is 6.06. The van der Waals surface area contributed by atoms with Gasteiger partial charge in [-0.2, -0.15) is 0 Å². The van der Waals surface area contributed by atoms with Gasteiger partial charge in [-0.1, -0.05) is 172 Å². The molecule has 1 unspecified atom stereocenters. The van der Waals surface area contributed by atoms with Crippen molar-refractivity contribution >= 4 is 39.0 Å². The van der Waals surface area contributed by atoms with Crippen molar-refractivity contribution in [1.29, 1.82) is 0 Å². The first-order valence-electron chi connectivity index (χ1n) is 23.4. The molecule has 0 saturated heterocycles. The van der Waals surface area contributed by atoms with Crippen LogP contribution in [0, 0.1) is 0 Å². The van der Waals surface area contributed by atoms with E-state index in [1.165, 1.54) is 44.5 Å². The molecular formula is C64H43NO3. The van der Waals surface area contributed by atoms with E-state index in [0.717, 1.165) is 84.3 Å². The van der Waals surface area contributed by atoms with Gasteiger partial charge in [0.1, 0.15) is 11.2 Å². The second-order valence-electron chi connectivity index (χ2n) is 18.8. The Hall–Kier alpha value is -8.60. The highest BCUT2D eigenvalue weighted by Crippen LogP contribution is 2.62. The predicted molar refractivity (Wildman–Crippen MR) is 275 cm³/mol. The molecule has 0 bridgehead atoms. The molecule has 4 heteroatoms. The van der Waals surface area contributed by atoms with Crippen molar-refractivity contribution in [2.75, 3.05) is 4.90 Å². The van der Waals surface area contributed by atoms with E-state index in [9.17, 15) is 0 Å². The van der Waals surface area contributed by atoms with Gasteiger partial charge in [0.15, 0.2) is 23.0 Å². The molecule has 4 nitrogen and oxygen atoms in total. The standard InChI is InChI=1S/C64H43NO3/c1-63(2)52-19-9-6-16-47(52)51-38-45(33-35-53(51)63)65(46-32-34-49-48-17-8-11-21-56(48)66-60(49)39-46)44-30-26-41(27-31-44)40-24-28-43(29-25-40)64(42-14-4-3-5-15-42)54-20-10-7-18-50(54)61-55(64)36-37-59-62(61)68-58-23-13-12-22-57(58)67-59/h3-39H,1-2H3. The number of furan rings is 1. The monoisotopic (exact) mass is 873 g/mol. The van der Waals surface area contributed by atoms with Gasteiger partial charge in [0.2, 0.25) is 0 Å². The fraction of sp³-hybridized carbons (Fsp3) is 0.0625. The molecular weight excluding hydrogens is 831 g/mol. The van der Waals surface area contributed by atoms with Crippen molar-refractivity contribution in [3.05, 3.63) is 258 Å². The average Bonchev–Trinajstić information content (AvgIpc) is 4.00. The molecule has 322 valence electrons. The Morgan fingerprint density at radius 3 is 1.75 bits per heavy atom. The Labute approximate surface area is 394 Å². The van der Waals surface area contributed by atoms with E-state index in [2.05, 4.69) is 207 Å². The Morgan fingerprint density at radius 1 is 0.368 bits per heavy atom. The van der Waals surface area contributed by atoms with Gasteiger partial charge in [-0.05, 0) is 122 Å². The smallest absolute Gasteiger partial charge is 0.178 e. The van der Waals surface area contributed by atoms with Crippen LogP contribution in [-0.2, 0) is 10.8 Å². The van der Waals surface area contributed by atoms with Crippen LogP contribution < -0.4 is 14.4 Å². The summed E-state index contributed by atoms with van der Waals surface area (Å²) in [6.07, 6.45) is 0. The number of hydrogen-bond acceptors (Lipinski definition) is 4. The fourth-order valence-electron chi connectivity index (χ4n) is 11.7. The molecule has 1 atom stereocenters. The molecule has 0 N–H and O–H groups in total. The first kappa shape index (κ1) is 38.6. The van der Waals surface area contributed by atoms with Crippen LogP contribution in [-0.4, -0.2) is 0 Å². The van der Waals surface area contributed by atoms with Crippen LogP contribution in [0.2, 0.25) is 0 Å². The summed E-state index contributed by atoms with van der Waals surface area (Å²) in [6.45, 7) is 4.66. The zero-order chi connectivity index (χ0) is 45.1. The lowest BCUT2D eigenvalue weighted by Gasteiger charge is -2.34. The van der Waals surface area contributed by atoms with Crippen molar-refractivity contribution in [2.45, 2.75) is 24.7 Å². The Bertz CT molecular complexity index is 3830. The summed E-state index contributed by atoms with van der Waals surface area (Å²) < 4.78 is 19.7. The topological polar surface area (TPSA) is 34.8 Å². The van der Waals surface area contributed by atoms with E-state index in [0.29, 0.717) is 0 Å². The predicted octanol–water partition coefficient (Wildman–Crippen LogP) is 17.3. The third-order valence-electron chi connectivity index (χ3n) is 14.8. The van der Waals surface area contributed by atoms with E-state index < -0.39 is 5.41 Å². The Kier molecular flexibility index (Phi) is 8.21. The van der Waals surface area contributed by atoms with Crippen LogP contribution in [0.1, 0.15) is 47.2 Å². The minimum atomic E-state index is -0.599. The molecule has 1 aliphatic heterocycles. The molecule has 0 saturated carbocycles. The molecule has 10 aromatic carbocycles. The molecule has 0 amide bonds. The zero-order valence-corrected chi connectivity index (χ0v) is 37.5. The lowest BCUT2D eigenvalue weighted by molar-refractivity contribution is 0.360. The number of benzene rings is 10. The van der Waals surface area contributed by atoms with Gasteiger partial charge >= 0.3 is 0 Å². The maximum atomic E-state index is 6.74. The van der Waals surface area contributed by atoms with Crippen LogP contribution >= 0.6 is 0 Å². The summed E-state index contributed by atoms with van der Waals surface area (Å²) in [5.74, 6) is 2.91. The average molecular weight is 874 g/mol. The summed E-state index contributed by atoms with van der Waals surface area (Å²) in [4.78, 5) is 2.36. The Morgan fingerprint density at radius 2 is 0.941 bits per heavy atom. The highest BCUT2D eigenvalue weighted by Gasteiger charge is 2.48. The first-order valence-corrected chi connectivity index (χ1v) is 23.4. The van der Waals surface area contributed by atoms with Crippen molar-refractivity contribution in [2.24, 2.45) is 0 Å². The summed E-state index contributed by atoms with van der Waals surface area (Å²) in [5, 5.41) is 2.23. The fourth-order valence-corrected chi connectivity index (χ4v) is 11.7. The quantitative estimate of drug-likeness (QED) is 0.167. The van der Waals surface area contributed by atoms with Gasteiger partial charge < -0.3 is 18.8 Å². The minimum Gasteiger partial charge on any atom is -0.456 e. The molecule has 2 aliphatic carbocycles. The molecule has 0 radical (unpaired) electrons. The summed E-state index contributed by atoms with van der Waals surface area (Å²) >= 11 is 0. The molecule has 0 fully saturated rings. The summed E-state index contributed by atoms with van der Waals surface area (Å²) in [7, 11) is 0. The SMILES string of the molecule is CC1(C)c2ccccc2-c2cc(N(c3ccc(-c4ccc(C5(c6ccccc6)c6ccccc6-c6c5ccc5c6Oc6ccccc6O5)cc4)cc3)c3ccc4c(c3)oc3ccccc34)ccc21.